The van der Waals surface area contributed by atoms with E-state index < -0.39 is 0 Å². The Kier molecular flexibility index (Phi) is 4.64. The molecule has 1 saturated heterocycles. The number of aryl methyl sites for hydroxylation is 1. The number of halogens is 1. The molecule has 0 N–H and O–H groups in total. The lowest BCUT2D eigenvalue weighted by Crippen LogP contribution is -2.42. The highest BCUT2D eigenvalue weighted by Gasteiger charge is 2.29. The van der Waals surface area contributed by atoms with E-state index in [2.05, 4.69) is 23.9 Å². The Morgan fingerprint density at radius 3 is 2.48 bits per heavy atom. The highest BCUT2D eigenvalue weighted by Crippen LogP contribution is 2.31. The highest BCUT2D eigenvalue weighted by molar-refractivity contribution is 6.38. The summed E-state index contributed by atoms with van der Waals surface area (Å²) < 4.78 is 1.77. The van der Waals surface area contributed by atoms with Gasteiger partial charge in [-0.15, -0.1) is 0 Å². The molecule has 1 aromatic carbocycles. The molecule has 1 fully saturated rings. The van der Waals surface area contributed by atoms with Gasteiger partial charge < -0.3 is 4.90 Å². The minimum atomic E-state index is -0.0420. The Bertz CT molecular complexity index is 988. The van der Waals surface area contributed by atoms with Gasteiger partial charge in [-0.05, 0) is 37.3 Å². The Hall–Kier alpha value is -2.40. The van der Waals surface area contributed by atoms with Crippen molar-refractivity contribution in [2.45, 2.75) is 27.2 Å². The molecule has 0 bridgehead atoms. The number of hydrogen-bond donors (Lipinski definition) is 0. The molecule has 0 saturated carbocycles. The van der Waals surface area contributed by atoms with Crippen LogP contribution >= 0.6 is 11.6 Å². The summed E-state index contributed by atoms with van der Waals surface area (Å²) in [6.45, 7) is 7.80. The molecule has 3 heterocycles. The van der Waals surface area contributed by atoms with E-state index in [1.165, 1.54) is 0 Å². The van der Waals surface area contributed by atoms with E-state index in [-0.39, 0.29) is 5.91 Å². The first kappa shape index (κ1) is 18.0. The van der Waals surface area contributed by atoms with Crippen LogP contribution in [0.1, 0.15) is 36.3 Å². The molecular formula is C21H23ClN4O. The van der Waals surface area contributed by atoms with Gasteiger partial charge >= 0.3 is 0 Å². The maximum atomic E-state index is 13.1. The Morgan fingerprint density at radius 1 is 1.15 bits per heavy atom. The molecule has 27 heavy (non-hydrogen) atoms. The first-order chi connectivity index (χ1) is 13.0. The molecule has 1 aliphatic heterocycles. The predicted octanol–water partition coefficient (Wildman–Crippen LogP) is 4.50. The number of nitrogens with zero attached hydrogens (tertiary/aromatic N) is 4. The number of carbonyl (C=O) groups is 1. The number of carbonyl (C=O) groups excluding carboxylic acids is 1. The van der Waals surface area contributed by atoms with Crippen molar-refractivity contribution in [1.29, 1.82) is 0 Å². The minimum absolute atomic E-state index is 0.0420. The molecule has 0 aliphatic carbocycles. The van der Waals surface area contributed by atoms with E-state index in [1.54, 1.807) is 10.9 Å². The minimum Gasteiger partial charge on any atom is -0.338 e. The molecule has 2 aromatic heterocycles. The van der Waals surface area contributed by atoms with Crippen molar-refractivity contribution >= 4 is 28.5 Å². The molecule has 4 rings (SSSR count). The van der Waals surface area contributed by atoms with Gasteiger partial charge in [0.2, 0.25) is 0 Å². The van der Waals surface area contributed by atoms with Gasteiger partial charge in [-0.1, -0.05) is 43.6 Å². The highest BCUT2D eigenvalue weighted by atomic mass is 35.5. The normalized spacial score (nSPS) is 20.2. The van der Waals surface area contributed by atoms with Crippen molar-refractivity contribution in [3.8, 4) is 5.69 Å². The van der Waals surface area contributed by atoms with E-state index in [1.807, 2.05) is 42.2 Å². The second-order valence-corrected chi connectivity index (χ2v) is 8.05. The van der Waals surface area contributed by atoms with Crippen molar-refractivity contribution < 1.29 is 4.79 Å². The Morgan fingerprint density at radius 2 is 1.81 bits per heavy atom. The zero-order chi connectivity index (χ0) is 19.1. The molecule has 1 aliphatic rings. The fourth-order valence-electron chi connectivity index (χ4n) is 4.11. The first-order valence-corrected chi connectivity index (χ1v) is 9.72. The number of amides is 1. The zero-order valence-electron chi connectivity index (χ0n) is 15.8. The number of likely N-dealkylation sites (tertiary alicyclic amines) is 1. The topological polar surface area (TPSA) is 51.0 Å². The average Bonchev–Trinajstić information content (AvgIpc) is 2.99. The molecular weight excluding hydrogens is 360 g/mol. The number of benzene rings is 1. The predicted molar refractivity (Wildman–Crippen MR) is 107 cm³/mol. The summed E-state index contributed by atoms with van der Waals surface area (Å²) in [6, 6.07) is 9.81. The second-order valence-electron chi connectivity index (χ2n) is 7.67. The van der Waals surface area contributed by atoms with Gasteiger partial charge in [0.1, 0.15) is 0 Å². The molecule has 140 valence electrons. The summed E-state index contributed by atoms with van der Waals surface area (Å²) in [5.41, 5.74) is 2.81. The molecule has 2 atom stereocenters. The van der Waals surface area contributed by atoms with Crippen LogP contribution in [0, 0.1) is 18.8 Å². The lowest BCUT2D eigenvalue weighted by Gasteiger charge is -2.35. The summed E-state index contributed by atoms with van der Waals surface area (Å²) in [5, 5.41) is 5.78. The molecule has 1 amide bonds. The average molecular weight is 383 g/mol. The first-order valence-electron chi connectivity index (χ1n) is 9.34. The van der Waals surface area contributed by atoms with E-state index >= 15 is 0 Å². The van der Waals surface area contributed by atoms with E-state index in [9.17, 15) is 4.79 Å². The molecule has 6 heteroatoms. The van der Waals surface area contributed by atoms with Crippen LogP contribution in [0.3, 0.4) is 0 Å². The lowest BCUT2D eigenvalue weighted by molar-refractivity contribution is 0.0623. The zero-order valence-corrected chi connectivity index (χ0v) is 16.6. The lowest BCUT2D eigenvalue weighted by atomic mass is 9.91. The number of para-hydroxylation sites is 1. The molecule has 5 nitrogen and oxygen atoms in total. The Balaban J connectivity index is 1.77. The number of fused-ring (bicyclic) bond motifs is 1. The Labute approximate surface area is 164 Å². The number of aromatic nitrogens is 3. The van der Waals surface area contributed by atoms with Crippen molar-refractivity contribution in [1.82, 2.24) is 19.7 Å². The maximum Gasteiger partial charge on any atom is 0.256 e. The summed E-state index contributed by atoms with van der Waals surface area (Å²) in [5.74, 6) is 0.950. The summed E-state index contributed by atoms with van der Waals surface area (Å²) in [6.07, 6.45) is 2.75. The fraction of sp³-hybridized carbons (Fsp3) is 0.381. The van der Waals surface area contributed by atoms with Crippen LogP contribution in [0.5, 0.6) is 0 Å². The van der Waals surface area contributed by atoms with Crippen molar-refractivity contribution in [3.63, 3.8) is 0 Å². The molecule has 0 unspecified atom stereocenters. The smallest absolute Gasteiger partial charge is 0.256 e. The number of pyridine rings is 1. The van der Waals surface area contributed by atoms with Gasteiger partial charge in [-0.3, -0.25) is 4.79 Å². The monoisotopic (exact) mass is 382 g/mol. The summed E-state index contributed by atoms with van der Waals surface area (Å²) in [7, 11) is 0. The molecule has 0 spiro atoms. The number of hydrogen-bond acceptors (Lipinski definition) is 3. The largest absolute Gasteiger partial charge is 0.338 e. The van der Waals surface area contributed by atoms with Crippen LogP contribution in [-0.2, 0) is 0 Å². The van der Waals surface area contributed by atoms with Gasteiger partial charge in [-0.2, -0.15) is 5.10 Å². The van der Waals surface area contributed by atoms with Crippen LogP contribution in [0.4, 0.5) is 0 Å². The van der Waals surface area contributed by atoms with Crippen molar-refractivity contribution in [2.24, 2.45) is 11.8 Å². The van der Waals surface area contributed by atoms with Gasteiger partial charge in [-0.25, -0.2) is 9.67 Å². The molecule has 0 radical (unpaired) electrons. The number of piperidine rings is 1. The van der Waals surface area contributed by atoms with E-state index in [4.69, 9.17) is 11.6 Å². The van der Waals surface area contributed by atoms with E-state index in [0.29, 0.717) is 28.1 Å². The van der Waals surface area contributed by atoms with Gasteiger partial charge in [0.25, 0.3) is 5.91 Å². The van der Waals surface area contributed by atoms with Crippen molar-refractivity contribution in [2.75, 3.05) is 13.1 Å². The van der Waals surface area contributed by atoms with Gasteiger partial charge in [0, 0.05) is 19.3 Å². The summed E-state index contributed by atoms with van der Waals surface area (Å²) in [4.78, 5) is 19.6. The summed E-state index contributed by atoms with van der Waals surface area (Å²) >= 11 is 6.69. The van der Waals surface area contributed by atoms with Gasteiger partial charge in [0.15, 0.2) is 5.65 Å². The fourth-order valence-corrected chi connectivity index (χ4v) is 4.46. The quantitative estimate of drug-likeness (QED) is 0.655. The second kappa shape index (κ2) is 6.97. The molecule has 3 aromatic rings. The van der Waals surface area contributed by atoms with E-state index in [0.717, 1.165) is 36.3 Å². The standard InChI is InChI=1S/C21H23ClN4O/c1-13-9-14(2)12-25(11-13)21(27)17-10-23-20-18(19(17)22)15(3)24-26(20)16-7-5-4-6-8-16/h4-8,10,13-14H,9,11-12H2,1-3H3/t13-,14-/m1/s1. The van der Waals surface area contributed by atoms with Crippen molar-refractivity contribution in [3.05, 3.63) is 52.8 Å². The van der Waals surface area contributed by atoms with Gasteiger partial charge in [0.05, 0.1) is 27.4 Å². The third-order valence-corrected chi connectivity index (χ3v) is 5.59. The van der Waals surface area contributed by atoms with Crippen LogP contribution in [-0.4, -0.2) is 38.7 Å². The number of rotatable bonds is 2. The third kappa shape index (κ3) is 3.21. The van der Waals surface area contributed by atoms with Crippen LogP contribution in [0.2, 0.25) is 5.02 Å². The SMILES string of the molecule is Cc1nn(-c2ccccc2)c2ncc(C(=O)N3C[C@H](C)C[C@@H](C)C3)c(Cl)c12. The maximum absolute atomic E-state index is 13.1. The van der Waals surface area contributed by atoms with Crippen LogP contribution < -0.4 is 0 Å². The van der Waals surface area contributed by atoms with Crippen LogP contribution in [0.15, 0.2) is 36.5 Å². The third-order valence-electron chi connectivity index (χ3n) is 5.20. The van der Waals surface area contributed by atoms with Crippen LogP contribution in [0.25, 0.3) is 16.7 Å².